The van der Waals surface area contributed by atoms with Gasteiger partial charge >= 0.3 is 33.0 Å². The fourth-order valence-electron chi connectivity index (χ4n) is 0.800. The van der Waals surface area contributed by atoms with Crippen LogP contribution in [0.4, 0.5) is 0 Å². The third-order valence-electron chi connectivity index (χ3n) is 1.99. The number of nitrogens with zero attached hydrogens (tertiary/aromatic N) is 4. The molecule has 0 radical (unpaired) electrons. The molecule has 0 aliphatic carbocycles. The Balaban J connectivity index is -0.0000000236. The van der Waals surface area contributed by atoms with Gasteiger partial charge in [0.1, 0.15) is 0 Å². The minimum absolute atomic E-state index is 0. The van der Waals surface area contributed by atoms with Crippen LogP contribution in [-0.2, 0) is 52.2 Å². The Hall–Kier alpha value is -1.37. The summed E-state index contributed by atoms with van der Waals surface area (Å²) in [5, 5.41) is 33.0. The first-order valence-electron chi connectivity index (χ1n) is 7.73. The van der Waals surface area contributed by atoms with Crippen LogP contribution < -0.4 is 20.4 Å². The summed E-state index contributed by atoms with van der Waals surface area (Å²) in [6.07, 6.45) is 0. The van der Waals surface area contributed by atoms with E-state index in [1.807, 2.05) is 0 Å². The SMILES string of the molecule is CN(C)CCN(C)C.CN(C)CCN(C)C.O.O.O=C[O-].O=C[O-].O=C[O-].O=C[O-].[Ni+2].[Ni+2]. The summed E-state index contributed by atoms with van der Waals surface area (Å²) in [5.74, 6) is 0. The molecule has 16 heteroatoms. The van der Waals surface area contributed by atoms with Crippen molar-refractivity contribution in [3.8, 4) is 0 Å². The van der Waals surface area contributed by atoms with Gasteiger partial charge in [-0.15, -0.1) is 0 Å². The smallest absolute Gasteiger partial charge is 0.554 e. The Bertz CT molecular complexity index is 250. The van der Waals surface area contributed by atoms with Crippen molar-refractivity contribution in [2.75, 3.05) is 82.6 Å². The molecule has 0 aromatic rings. The van der Waals surface area contributed by atoms with Crippen molar-refractivity contribution in [2.45, 2.75) is 0 Å². The van der Waals surface area contributed by atoms with E-state index in [-0.39, 0.29) is 43.9 Å². The third-order valence-corrected chi connectivity index (χ3v) is 1.99. The Morgan fingerprint density at radius 3 is 0.531 bits per heavy atom. The second kappa shape index (κ2) is 70.0. The molecular formula is C16H40N4Ni2O10. The number of carbonyl (C=O) groups is 4. The van der Waals surface area contributed by atoms with Gasteiger partial charge in [0.05, 0.1) is 0 Å². The first-order chi connectivity index (χ1) is 12.9. The number of rotatable bonds is 6. The summed E-state index contributed by atoms with van der Waals surface area (Å²) in [5.41, 5.74) is 0. The molecule has 4 N–H and O–H groups in total. The summed E-state index contributed by atoms with van der Waals surface area (Å²) in [4.78, 5) is 41.7. The Morgan fingerprint density at radius 1 is 0.438 bits per heavy atom. The maximum Gasteiger partial charge on any atom is 2.00 e. The number of carboxylic acid groups (broad SMARTS) is 4. The molecule has 14 nitrogen and oxygen atoms in total. The van der Waals surface area contributed by atoms with Crippen molar-refractivity contribution in [1.29, 1.82) is 0 Å². The van der Waals surface area contributed by atoms with Gasteiger partial charge in [0.15, 0.2) is 0 Å². The van der Waals surface area contributed by atoms with Crippen LogP contribution in [0.1, 0.15) is 0 Å². The zero-order valence-electron chi connectivity index (χ0n) is 19.8. The average Bonchev–Trinajstić information content (AvgIpc) is 2.55. The van der Waals surface area contributed by atoms with Gasteiger partial charge in [-0.05, 0) is 56.4 Å². The quantitative estimate of drug-likeness (QED) is 0.215. The van der Waals surface area contributed by atoms with E-state index in [0.717, 1.165) is 26.2 Å². The van der Waals surface area contributed by atoms with Crippen LogP contribution in [0, 0.1) is 0 Å². The summed E-state index contributed by atoms with van der Waals surface area (Å²) in [6.45, 7) is 2.58. The average molecular weight is 566 g/mol. The van der Waals surface area contributed by atoms with Gasteiger partial charge in [-0.1, -0.05) is 0 Å². The van der Waals surface area contributed by atoms with Gasteiger partial charge in [0.25, 0.3) is 0 Å². The van der Waals surface area contributed by atoms with Crippen LogP contribution in [0.25, 0.3) is 0 Å². The first kappa shape index (κ1) is 63.2. The number of likely N-dealkylation sites (N-methyl/N-ethyl adjacent to an activating group) is 4. The minimum Gasteiger partial charge on any atom is -0.554 e. The molecular weight excluding hydrogens is 526 g/mol. The topological polar surface area (TPSA) is 236 Å². The Labute approximate surface area is 211 Å². The molecule has 0 atom stereocenters. The van der Waals surface area contributed by atoms with Gasteiger partial charge in [-0.25, -0.2) is 0 Å². The molecule has 0 aromatic heterocycles. The minimum atomic E-state index is -0.500. The van der Waals surface area contributed by atoms with E-state index < -0.39 is 25.9 Å². The van der Waals surface area contributed by atoms with Crippen molar-refractivity contribution < 1.29 is 83.5 Å². The van der Waals surface area contributed by atoms with Crippen molar-refractivity contribution in [3.63, 3.8) is 0 Å². The van der Waals surface area contributed by atoms with Crippen molar-refractivity contribution >= 4 is 25.9 Å². The summed E-state index contributed by atoms with van der Waals surface area (Å²) < 4.78 is 0. The molecule has 0 aliphatic heterocycles. The second-order valence-electron chi connectivity index (χ2n) is 5.60. The van der Waals surface area contributed by atoms with E-state index in [0.29, 0.717) is 0 Å². The Morgan fingerprint density at radius 2 is 0.500 bits per heavy atom. The largest absolute Gasteiger partial charge is 2.00 e. The zero-order valence-corrected chi connectivity index (χ0v) is 21.8. The fourth-order valence-corrected chi connectivity index (χ4v) is 0.800. The molecule has 0 heterocycles. The number of carbonyl (C=O) groups excluding carboxylic acids is 4. The predicted octanol–water partition coefficient (Wildman–Crippen LogP) is -7.97. The molecule has 0 spiro atoms. The van der Waals surface area contributed by atoms with E-state index >= 15 is 0 Å². The van der Waals surface area contributed by atoms with Crippen LogP contribution in [0.5, 0.6) is 0 Å². The number of hydrogen-bond donors (Lipinski definition) is 0. The maximum atomic E-state index is 8.25. The van der Waals surface area contributed by atoms with Crippen LogP contribution in [-0.4, -0.2) is 139 Å². The van der Waals surface area contributed by atoms with Crippen molar-refractivity contribution in [1.82, 2.24) is 19.6 Å². The number of hydrogen-bond acceptors (Lipinski definition) is 12. The molecule has 0 amide bonds. The monoisotopic (exact) mass is 564 g/mol. The summed E-state index contributed by atoms with van der Waals surface area (Å²) in [6, 6.07) is 0. The maximum absolute atomic E-state index is 8.25. The van der Waals surface area contributed by atoms with Crippen LogP contribution in [0.3, 0.4) is 0 Å². The van der Waals surface area contributed by atoms with E-state index in [1.54, 1.807) is 0 Å². The Kier molecular flexibility index (Phi) is 138. The molecule has 0 unspecified atom stereocenters. The van der Waals surface area contributed by atoms with Gasteiger partial charge < -0.3 is 70.2 Å². The fraction of sp³-hybridized carbons (Fsp3) is 0.750. The standard InChI is InChI=1S/2C6H16N2.4CH2O2.2Ni.2H2O/c2*1-7(2)5-6-8(3)4;4*2-1-3;;;;/h2*5-6H2,1-4H3;4*1H,(H,2,3);;;2*1H2/q;;;;;;2*+2;;/p-4. The van der Waals surface area contributed by atoms with Crippen molar-refractivity contribution in [3.05, 3.63) is 0 Å². The third kappa shape index (κ3) is 294. The molecule has 0 aliphatic rings. The van der Waals surface area contributed by atoms with Crippen LogP contribution in [0.15, 0.2) is 0 Å². The van der Waals surface area contributed by atoms with E-state index in [9.17, 15) is 0 Å². The molecule has 0 aromatic carbocycles. The van der Waals surface area contributed by atoms with Crippen molar-refractivity contribution in [2.24, 2.45) is 0 Å². The van der Waals surface area contributed by atoms with E-state index in [2.05, 4.69) is 76.0 Å². The molecule has 0 saturated carbocycles. The van der Waals surface area contributed by atoms with Gasteiger partial charge in [0.2, 0.25) is 0 Å². The summed E-state index contributed by atoms with van der Waals surface area (Å²) in [7, 11) is 16.7. The predicted molar refractivity (Wildman–Crippen MR) is 106 cm³/mol. The molecule has 32 heavy (non-hydrogen) atoms. The molecule has 0 saturated heterocycles. The summed E-state index contributed by atoms with van der Waals surface area (Å²) >= 11 is 0. The normalized spacial score (nSPS) is 7.12. The second-order valence-corrected chi connectivity index (χ2v) is 5.60. The zero-order chi connectivity index (χ0) is 24.0. The molecule has 204 valence electrons. The van der Waals surface area contributed by atoms with E-state index in [4.69, 9.17) is 39.6 Å². The molecule has 0 fully saturated rings. The van der Waals surface area contributed by atoms with E-state index in [1.165, 1.54) is 0 Å². The molecule has 0 rings (SSSR count). The van der Waals surface area contributed by atoms with Gasteiger partial charge in [-0.3, -0.25) is 0 Å². The van der Waals surface area contributed by atoms with Crippen LogP contribution >= 0.6 is 0 Å². The van der Waals surface area contributed by atoms with Gasteiger partial charge in [0, 0.05) is 52.1 Å². The van der Waals surface area contributed by atoms with Crippen LogP contribution in [0.2, 0.25) is 0 Å². The molecule has 0 bridgehead atoms. The first-order valence-corrected chi connectivity index (χ1v) is 7.73. The van der Waals surface area contributed by atoms with Gasteiger partial charge in [-0.2, -0.15) is 0 Å².